The number of rotatable bonds is 4. The molecule has 0 spiro atoms. The van der Waals surface area contributed by atoms with E-state index in [0.717, 1.165) is 52.7 Å². The first-order valence-corrected chi connectivity index (χ1v) is 8.56. The first-order valence-electron chi connectivity index (χ1n) is 6.97. The number of methoxy groups -OCH3 is 1. The topological polar surface area (TPSA) is 32.7 Å². The van der Waals surface area contributed by atoms with Gasteiger partial charge in [-0.25, -0.2) is 0 Å². The van der Waals surface area contributed by atoms with Crippen LogP contribution in [-0.4, -0.2) is 42.9 Å². The lowest BCUT2D eigenvalue weighted by Gasteiger charge is -2.36. The third kappa shape index (κ3) is 3.75. The van der Waals surface area contributed by atoms with Crippen LogP contribution in [-0.2, 0) is 6.42 Å². The standard InChI is InChI=1S/C15H21Br2NO2/c1-3-18-5-4-14(19)11(9-18)6-10-7-12(16)8-13(17)15(10)20-2/h7-8,11,14,19H,3-6,9H2,1-2H3. The van der Waals surface area contributed by atoms with Crippen molar-refractivity contribution in [3.63, 3.8) is 0 Å². The van der Waals surface area contributed by atoms with Gasteiger partial charge in [-0.15, -0.1) is 0 Å². The van der Waals surface area contributed by atoms with Gasteiger partial charge in [0.05, 0.1) is 17.7 Å². The Labute approximate surface area is 137 Å². The van der Waals surface area contributed by atoms with E-state index in [4.69, 9.17) is 4.74 Å². The summed E-state index contributed by atoms with van der Waals surface area (Å²) in [6, 6.07) is 4.07. The summed E-state index contributed by atoms with van der Waals surface area (Å²) in [6.07, 6.45) is 1.47. The molecule has 1 saturated heterocycles. The van der Waals surface area contributed by atoms with Gasteiger partial charge in [-0.05, 0) is 53.0 Å². The van der Waals surface area contributed by atoms with Crippen LogP contribution in [0.1, 0.15) is 18.9 Å². The van der Waals surface area contributed by atoms with Crippen LogP contribution in [0.25, 0.3) is 0 Å². The molecule has 3 nitrogen and oxygen atoms in total. The number of benzene rings is 1. The quantitative estimate of drug-likeness (QED) is 0.830. The van der Waals surface area contributed by atoms with Gasteiger partial charge < -0.3 is 14.7 Å². The number of aliphatic hydroxyl groups is 1. The number of likely N-dealkylation sites (tertiary alicyclic amines) is 1. The van der Waals surface area contributed by atoms with Crippen LogP contribution in [0.5, 0.6) is 5.75 Å². The number of hydrogen-bond donors (Lipinski definition) is 1. The molecule has 0 aliphatic carbocycles. The first-order chi connectivity index (χ1) is 9.55. The summed E-state index contributed by atoms with van der Waals surface area (Å²) in [5.41, 5.74) is 1.13. The first kappa shape index (κ1) is 16.3. The Bertz CT molecular complexity index is 467. The van der Waals surface area contributed by atoms with Crippen LogP contribution in [0.4, 0.5) is 0 Å². The summed E-state index contributed by atoms with van der Waals surface area (Å²) < 4.78 is 7.47. The fourth-order valence-electron chi connectivity index (χ4n) is 2.86. The molecule has 1 aliphatic heterocycles. The van der Waals surface area contributed by atoms with Gasteiger partial charge in [0.2, 0.25) is 0 Å². The van der Waals surface area contributed by atoms with E-state index in [2.05, 4.69) is 49.7 Å². The average molecular weight is 407 g/mol. The Morgan fingerprint density at radius 2 is 2.15 bits per heavy atom. The molecule has 1 heterocycles. The molecule has 1 aliphatic rings. The maximum absolute atomic E-state index is 10.3. The Balaban J connectivity index is 2.20. The fourth-order valence-corrected chi connectivity index (χ4v) is 4.33. The van der Waals surface area contributed by atoms with E-state index >= 15 is 0 Å². The minimum Gasteiger partial charge on any atom is -0.495 e. The Hall–Kier alpha value is -0.100. The van der Waals surface area contributed by atoms with Gasteiger partial charge in [0.15, 0.2) is 0 Å². The number of aliphatic hydroxyl groups excluding tert-OH is 1. The molecular formula is C15H21Br2NO2. The van der Waals surface area contributed by atoms with Gasteiger partial charge in [0.1, 0.15) is 5.75 Å². The van der Waals surface area contributed by atoms with Crippen LogP contribution in [0.2, 0.25) is 0 Å². The maximum Gasteiger partial charge on any atom is 0.136 e. The zero-order valence-electron chi connectivity index (χ0n) is 11.9. The van der Waals surface area contributed by atoms with E-state index in [9.17, 15) is 5.11 Å². The Kier molecular flexibility index (Phi) is 5.90. The van der Waals surface area contributed by atoms with Crippen molar-refractivity contribution < 1.29 is 9.84 Å². The minimum absolute atomic E-state index is 0.222. The molecule has 1 N–H and O–H groups in total. The summed E-state index contributed by atoms with van der Waals surface area (Å²) in [5.74, 6) is 1.13. The van der Waals surface area contributed by atoms with Crippen LogP contribution in [0.3, 0.4) is 0 Å². The van der Waals surface area contributed by atoms with Crippen molar-refractivity contribution in [2.75, 3.05) is 26.7 Å². The molecule has 2 atom stereocenters. The van der Waals surface area contributed by atoms with Gasteiger partial charge in [0, 0.05) is 23.5 Å². The fraction of sp³-hybridized carbons (Fsp3) is 0.600. The minimum atomic E-state index is -0.222. The second-order valence-corrected chi connectivity index (χ2v) is 7.06. The summed E-state index contributed by atoms with van der Waals surface area (Å²) >= 11 is 7.06. The highest BCUT2D eigenvalue weighted by molar-refractivity contribution is 9.11. The molecular weight excluding hydrogens is 386 g/mol. The Morgan fingerprint density at radius 1 is 1.40 bits per heavy atom. The highest BCUT2D eigenvalue weighted by Gasteiger charge is 2.28. The SMILES string of the molecule is CCN1CCC(O)C(Cc2cc(Br)cc(Br)c2OC)C1. The zero-order chi connectivity index (χ0) is 14.7. The van der Waals surface area contributed by atoms with Crippen LogP contribution < -0.4 is 4.74 Å². The molecule has 2 unspecified atom stereocenters. The van der Waals surface area contributed by atoms with Gasteiger partial charge in [0.25, 0.3) is 0 Å². The lowest BCUT2D eigenvalue weighted by atomic mass is 9.88. The average Bonchev–Trinajstić information content (AvgIpc) is 2.41. The lowest BCUT2D eigenvalue weighted by Crippen LogP contribution is -2.43. The van der Waals surface area contributed by atoms with Crippen molar-refractivity contribution in [3.05, 3.63) is 26.6 Å². The van der Waals surface area contributed by atoms with E-state index in [1.54, 1.807) is 7.11 Å². The molecule has 20 heavy (non-hydrogen) atoms. The molecule has 0 radical (unpaired) electrons. The summed E-state index contributed by atoms with van der Waals surface area (Å²) in [4.78, 5) is 2.40. The summed E-state index contributed by atoms with van der Waals surface area (Å²) in [6.45, 7) is 5.16. The van der Waals surface area contributed by atoms with E-state index in [0.29, 0.717) is 0 Å². The second kappa shape index (κ2) is 7.25. The molecule has 0 bridgehead atoms. The molecule has 2 rings (SSSR count). The molecule has 0 saturated carbocycles. The van der Waals surface area contributed by atoms with E-state index in [-0.39, 0.29) is 12.0 Å². The molecule has 1 aromatic rings. The highest BCUT2D eigenvalue weighted by atomic mass is 79.9. The van der Waals surface area contributed by atoms with Crippen molar-refractivity contribution in [1.82, 2.24) is 4.90 Å². The molecule has 112 valence electrons. The largest absolute Gasteiger partial charge is 0.495 e. The number of nitrogens with zero attached hydrogens (tertiary/aromatic N) is 1. The van der Waals surface area contributed by atoms with Crippen LogP contribution in [0.15, 0.2) is 21.1 Å². The smallest absolute Gasteiger partial charge is 0.136 e. The monoisotopic (exact) mass is 405 g/mol. The highest BCUT2D eigenvalue weighted by Crippen LogP contribution is 2.35. The molecule has 0 aromatic heterocycles. The third-order valence-electron chi connectivity index (χ3n) is 4.00. The second-order valence-electron chi connectivity index (χ2n) is 5.29. The maximum atomic E-state index is 10.3. The van der Waals surface area contributed by atoms with Gasteiger partial charge in [-0.3, -0.25) is 0 Å². The lowest BCUT2D eigenvalue weighted by molar-refractivity contribution is 0.0288. The van der Waals surface area contributed by atoms with Gasteiger partial charge >= 0.3 is 0 Å². The van der Waals surface area contributed by atoms with E-state index in [1.807, 2.05) is 6.07 Å². The van der Waals surface area contributed by atoms with E-state index < -0.39 is 0 Å². The summed E-state index contributed by atoms with van der Waals surface area (Å²) in [7, 11) is 1.69. The molecule has 1 aromatic carbocycles. The van der Waals surface area contributed by atoms with Crippen molar-refractivity contribution in [1.29, 1.82) is 0 Å². The zero-order valence-corrected chi connectivity index (χ0v) is 15.1. The predicted octanol–water partition coefficient (Wildman–Crippen LogP) is 3.47. The third-order valence-corrected chi connectivity index (χ3v) is 5.04. The van der Waals surface area contributed by atoms with Crippen LogP contribution in [0, 0.1) is 5.92 Å². The predicted molar refractivity (Wildman–Crippen MR) is 88.3 cm³/mol. The van der Waals surface area contributed by atoms with Crippen LogP contribution >= 0.6 is 31.9 Å². The van der Waals surface area contributed by atoms with Crippen molar-refractivity contribution in [2.45, 2.75) is 25.9 Å². The van der Waals surface area contributed by atoms with E-state index in [1.165, 1.54) is 0 Å². The number of hydrogen-bond acceptors (Lipinski definition) is 3. The number of piperidine rings is 1. The van der Waals surface area contributed by atoms with Crippen molar-refractivity contribution in [2.24, 2.45) is 5.92 Å². The van der Waals surface area contributed by atoms with Gasteiger partial charge in [-0.1, -0.05) is 22.9 Å². The van der Waals surface area contributed by atoms with Crippen molar-refractivity contribution in [3.8, 4) is 5.75 Å². The van der Waals surface area contributed by atoms with Crippen molar-refractivity contribution >= 4 is 31.9 Å². The van der Waals surface area contributed by atoms with Gasteiger partial charge in [-0.2, -0.15) is 0 Å². The molecule has 1 fully saturated rings. The summed E-state index contributed by atoms with van der Waals surface area (Å²) in [5, 5.41) is 10.3. The number of halogens is 2. The molecule has 5 heteroatoms. The number of ether oxygens (including phenoxy) is 1. The Morgan fingerprint density at radius 3 is 2.80 bits per heavy atom. The normalized spacial score (nSPS) is 23.9. The molecule has 0 amide bonds.